The summed E-state index contributed by atoms with van der Waals surface area (Å²) in [7, 11) is -3.81. The molecule has 3 heterocycles. The maximum absolute atomic E-state index is 12.3. The van der Waals surface area contributed by atoms with Crippen LogP contribution in [0.25, 0.3) is 4.96 Å². The zero-order valence-electron chi connectivity index (χ0n) is 10.2. The smallest absolute Gasteiger partial charge is 0.260 e. The number of sulfonamides is 1. The van der Waals surface area contributed by atoms with E-state index in [9.17, 15) is 8.42 Å². The Hall–Kier alpha value is -1.42. The predicted octanol–water partition coefficient (Wildman–Crippen LogP) is 1.82. The van der Waals surface area contributed by atoms with Crippen molar-refractivity contribution >= 4 is 37.9 Å². The van der Waals surface area contributed by atoms with Gasteiger partial charge in [0.1, 0.15) is 5.76 Å². The van der Waals surface area contributed by atoms with Crippen molar-refractivity contribution in [1.82, 2.24) is 19.1 Å². The van der Waals surface area contributed by atoms with Gasteiger partial charge in [0.15, 0.2) is 15.1 Å². The van der Waals surface area contributed by atoms with Gasteiger partial charge in [-0.15, -0.1) is 11.3 Å². The van der Waals surface area contributed by atoms with Crippen molar-refractivity contribution in [3.8, 4) is 0 Å². The minimum absolute atomic E-state index is 0.0517. The van der Waals surface area contributed by atoms with Crippen LogP contribution in [0, 0.1) is 6.92 Å². The maximum atomic E-state index is 12.3. The molecule has 0 aliphatic rings. The summed E-state index contributed by atoms with van der Waals surface area (Å²) in [6.45, 7) is 1.68. The number of imidazole rings is 1. The summed E-state index contributed by atoms with van der Waals surface area (Å²) in [5.74, 6) is 0.898. The van der Waals surface area contributed by atoms with E-state index >= 15 is 0 Å². The first-order valence-electron chi connectivity index (χ1n) is 5.49. The molecule has 0 bridgehead atoms. The van der Waals surface area contributed by atoms with Crippen molar-refractivity contribution in [1.29, 1.82) is 0 Å². The van der Waals surface area contributed by atoms with Crippen LogP contribution >= 0.6 is 22.9 Å². The van der Waals surface area contributed by atoms with Gasteiger partial charge < -0.3 is 4.42 Å². The first-order chi connectivity index (χ1) is 9.47. The van der Waals surface area contributed by atoms with E-state index in [2.05, 4.69) is 14.7 Å². The number of hydrogen-bond donors (Lipinski definition) is 1. The average molecular weight is 333 g/mol. The summed E-state index contributed by atoms with van der Waals surface area (Å²) in [6.07, 6.45) is 3.12. The molecule has 0 saturated carbocycles. The summed E-state index contributed by atoms with van der Waals surface area (Å²) in [4.78, 5) is 8.43. The van der Waals surface area contributed by atoms with Crippen LogP contribution in [0.2, 0.25) is 5.15 Å². The molecule has 0 saturated heterocycles. The lowest BCUT2D eigenvalue weighted by atomic mass is 10.6. The first kappa shape index (κ1) is 13.6. The standard InChI is InChI=1S/C10H9ClN4O3S2/c1-6-4-12-7(18-6)5-13-20(16,17)9-8(11)14-10-15(9)2-3-19-10/h2-4,13H,5H2,1H3. The Labute approximate surface area is 123 Å². The highest BCUT2D eigenvalue weighted by Gasteiger charge is 2.25. The number of aryl methyl sites for hydroxylation is 1. The third-order valence-corrected chi connectivity index (χ3v) is 5.07. The highest BCUT2D eigenvalue weighted by atomic mass is 35.5. The van der Waals surface area contributed by atoms with E-state index in [0.717, 1.165) is 0 Å². The number of fused-ring (bicyclic) bond motifs is 1. The molecular formula is C10H9ClN4O3S2. The topological polar surface area (TPSA) is 89.5 Å². The monoisotopic (exact) mass is 332 g/mol. The number of aromatic nitrogens is 3. The molecular weight excluding hydrogens is 324 g/mol. The highest BCUT2D eigenvalue weighted by Crippen LogP contribution is 2.25. The summed E-state index contributed by atoms with van der Waals surface area (Å²) < 4.78 is 33.6. The number of hydrogen-bond acceptors (Lipinski definition) is 6. The van der Waals surface area contributed by atoms with Gasteiger partial charge in [-0.2, -0.15) is 0 Å². The second-order valence-electron chi connectivity index (χ2n) is 3.95. The average Bonchev–Trinajstić information content (AvgIpc) is 3.02. The molecule has 1 N–H and O–H groups in total. The van der Waals surface area contributed by atoms with Crippen molar-refractivity contribution in [3.05, 3.63) is 34.6 Å². The molecule has 0 radical (unpaired) electrons. The van der Waals surface area contributed by atoms with Crippen molar-refractivity contribution in [3.63, 3.8) is 0 Å². The first-order valence-corrected chi connectivity index (χ1v) is 8.23. The Bertz CT molecular complexity index is 864. The van der Waals surface area contributed by atoms with Gasteiger partial charge in [0.2, 0.25) is 5.89 Å². The van der Waals surface area contributed by atoms with E-state index in [0.29, 0.717) is 10.7 Å². The summed E-state index contributed by atoms with van der Waals surface area (Å²) in [5.41, 5.74) is 0. The molecule has 0 aliphatic heterocycles. The second-order valence-corrected chi connectivity index (χ2v) is 6.87. The van der Waals surface area contributed by atoms with Crippen molar-refractivity contribution < 1.29 is 12.8 Å². The Kier molecular flexibility index (Phi) is 3.28. The highest BCUT2D eigenvalue weighted by molar-refractivity contribution is 7.89. The van der Waals surface area contributed by atoms with E-state index in [1.54, 1.807) is 18.5 Å². The van der Waals surface area contributed by atoms with Gasteiger partial charge in [-0.3, -0.25) is 4.40 Å². The molecule has 0 spiro atoms. The van der Waals surface area contributed by atoms with Crippen LogP contribution in [0.5, 0.6) is 0 Å². The Morgan fingerprint density at radius 3 is 3.05 bits per heavy atom. The van der Waals surface area contributed by atoms with Gasteiger partial charge >= 0.3 is 0 Å². The van der Waals surface area contributed by atoms with E-state index < -0.39 is 10.0 Å². The Morgan fingerprint density at radius 2 is 2.35 bits per heavy atom. The molecule has 0 fully saturated rings. The van der Waals surface area contributed by atoms with Crippen LogP contribution in [-0.4, -0.2) is 22.8 Å². The van der Waals surface area contributed by atoms with Crippen molar-refractivity contribution in [2.45, 2.75) is 18.5 Å². The molecule has 0 aliphatic carbocycles. The Balaban J connectivity index is 1.91. The van der Waals surface area contributed by atoms with Crippen LogP contribution in [0.3, 0.4) is 0 Å². The summed E-state index contributed by atoms with van der Waals surface area (Å²) in [6, 6.07) is 0. The third-order valence-electron chi connectivity index (χ3n) is 2.52. The molecule has 3 aromatic heterocycles. The fourth-order valence-electron chi connectivity index (χ4n) is 1.69. The maximum Gasteiger partial charge on any atom is 0.260 e. The normalized spacial score (nSPS) is 12.3. The van der Waals surface area contributed by atoms with Gasteiger partial charge in [0.25, 0.3) is 10.0 Å². The van der Waals surface area contributed by atoms with Crippen LogP contribution in [0.4, 0.5) is 0 Å². The molecule has 7 nitrogen and oxygen atoms in total. The molecule has 0 amide bonds. The van der Waals surface area contributed by atoms with Crippen LogP contribution in [0.15, 0.2) is 27.2 Å². The SMILES string of the molecule is Cc1cnc(CNS(=O)(=O)c2c(Cl)nc3sccn23)o1. The zero-order chi connectivity index (χ0) is 14.3. The molecule has 0 unspecified atom stereocenters. The minimum Gasteiger partial charge on any atom is -0.445 e. The summed E-state index contributed by atoms with van der Waals surface area (Å²) in [5, 5.41) is 1.58. The van der Waals surface area contributed by atoms with E-state index in [1.165, 1.54) is 21.9 Å². The fraction of sp³-hybridized carbons (Fsp3) is 0.200. The zero-order valence-corrected chi connectivity index (χ0v) is 12.6. The molecule has 106 valence electrons. The predicted molar refractivity (Wildman–Crippen MR) is 73.3 cm³/mol. The minimum atomic E-state index is -3.81. The van der Waals surface area contributed by atoms with Crippen LogP contribution < -0.4 is 4.72 Å². The quantitative estimate of drug-likeness (QED) is 0.787. The number of rotatable bonds is 4. The lowest BCUT2D eigenvalue weighted by Gasteiger charge is -2.03. The molecule has 3 aromatic rings. The van der Waals surface area contributed by atoms with E-state index in [-0.39, 0.29) is 22.6 Å². The summed E-state index contributed by atoms with van der Waals surface area (Å²) >= 11 is 7.20. The number of thiazole rings is 1. The van der Waals surface area contributed by atoms with Gasteiger partial charge in [-0.05, 0) is 6.92 Å². The molecule has 20 heavy (non-hydrogen) atoms. The van der Waals surface area contributed by atoms with Crippen LogP contribution in [-0.2, 0) is 16.6 Å². The lowest BCUT2D eigenvalue weighted by Crippen LogP contribution is -2.24. The number of nitrogens with zero attached hydrogens (tertiary/aromatic N) is 3. The lowest BCUT2D eigenvalue weighted by molar-refractivity contribution is 0.463. The van der Waals surface area contributed by atoms with Gasteiger partial charge in [-0.25, -0.2) is 23.1 Å². The number of halogens is 1. The van der Waals surface area contributed by atoms with Gasteiger partial charge in [0, 0.05) is 11.6 Å². The van der Waals surface area contributed by atoms with Gasteiger partial charge in [-0.1, -0.05) is 11.6 Å². The fourth-order valence-corrected chi connectivity index (χ4v) is 4.11. The van der Waals surface area contributed by atoms with Crippen LogP contribution in [0.1, 0.15) is 11.7 Å². The second kappa shape index (κ2) is 4.85. The van der Waals surface area contributed by atoms with Crippen molar-refractivity contribution in [2.24, 2.45) is 0 Å². The molecule has 10 heteroatoms. The van der Waals surface area contributed by atoms with Gasteiger partial charge in [0.05, 0.1) is 12.7 Å². The number of nitrogens with one attached hydrogen (secondary N) is 1. The number of oxazole rings is 1. The third kappa shape index (κ3) is 2.33. The van der Waals surface area contributed by atoms with E-state index in [4.69, 9.17) is 16.0 Å². The van der Waals surface area contributed by atoms with E-state index in [1.807, 2.05) is 0 Å². The molecule has 3 rings (SSSR count). The molecule has 0 atom stereocenters. The largest absolute Gasteiger partial charge is 0.445 e. The Morgan fingerprint density at radius 1 is 1.55 bits per heavy atom. The van der Waals surface area contributed by atoms with Crippen molar-refractivity contribution in [2.75, 3.05) is 0 Å². The molecule has 0 aromatic carbocycles.